The van der Waals surface area contributed by atoms with Gasteiger partial charge in [-0.1, -0.05) is 42.1 Å². The van der Waals surface area contributed by atoms with Crippen molar-refractivity contribution in [2.45, 2.75) is 19.0 Å². The number of thioether (sulfide) groups is 1. The number of carbonyl (C=O) groups excluding carboxylic acids is 2. The average molecular weight is 488 g/mol. The lowest BCUT2D eigenvalue weighted by atomic mass is 10.1. The molecule has 4 aromatic rings. The molecule has 0 fully saturated rings. The summed E-state index contributed by atoms with van der Waals surface area (Å²) in [7, 11) is 2.91. The van der Waals surface area contributed by atoms with E-state index in [9.17, 15) is 14.4 Å². The first kappa shape index (κ1) is 24.2. The minimum Gasteiger partial charge on any atom is -0.465 e. The zero-order valence-electron chi connectivity index (χ0n) is 19.9. The van der Waals surface area contributed by atoms with Gasteiger partial charge in [0.1, 0.15) is 0 Å². The van der Waals surface area contributed by atoms with Gasteiger partial charge in [-0.15, -0.1) is 0 Å². The van der Waals surface area contributed by atoms with Gasteiger partial charge < -0.3 is 9.64 Å². The molecule has 1 aromatic heterocycles. The summed E-state index contributed by atoms with van der Waals surface area (Å²) in [5.74, 6) is -0.755. The van der Waals surface area contributed by atoms with Crippen molar-refractivity contribution in [3.8, 4) is 5.69 Å². The van der Waals surface area contributed by atoms with Crippen LogP contribution in [-0.4, -0.2) is 41.3 Å². The number of methoxy groups -OCH3 is 1. The van der Waals surface area contributed by atoms with Gasteiger partial charge in [0.15, 0.2) is 5.16 Å². The predicted octanol–water partition coefficient (Wildman–Crippen LogP) is 4.54. The molecule has 0 bridgehead atoms. The zero-order chi connectivity index (χ0) is 25.1. The molecule has 0 aliphatic carbocycles. The number of esters is 1. The van der Waals surface area contributed by atoms with E-state index >= 15 is 0 Å². The Morgan fingerprint density at radius 2 is 1.71 bits per heavy atom. The van der Waals surface area contributed by atoms with Gasteiger partial charge in [0.05, 0.1) is 40.7 Å². The molecular weight excluding hydrogens is 462 g/mol. The third-order valence-corrected chi connectivity index (χ3v) is 6.79. The molecule has 1 amide bonds. The maximum absolute atomic E-state index is 13.5. The number of benzene rings is 3. The molecule has 0 radical (unpaired) electrons. The van der Waals surface area contributed by atoms with Crippen LogP contribution >= 0.6 is 11.8 Å². The summed E-state index contributed by atoms with van der Waals surface area (Å²) in [6.07, 6.45) is 0. The number of carbonyl (C=O) groups is 2. The van der Waals surface area contributed by atoms with Crippen molar-refractivity contribution in [2.24, 2.45) is 0 Å². The van der Waals surface area contributed by atoms with Crippen molar-refractivity contribution >= 4 is 40.2 Å². The average Bonchev–Trinajstić information content (AvgIpc) is 2.88. The Morgan fingerprint density at radius 3 is 2.46 bits per heavy atom. The van der Waals surface area contributed by atoms with Crippen molar-refractivity contribution < 1.29 is 14.3 Å². The van der Waals surface area contributed by atoms with Crippen LogP contribution in [0.1, 0.15) is 21.5 Å². The van der Waals surface area contributed by atoms with Crippen LogP contribution in [0.4, 0.5) is 5.69 Å². The van der Waals surface area contributed by atoms with Crippen LogP contribution < -0.4 is 10.5 Å². The first-order chi connectivity index (χ1) is 16.8. The maximum atomic E-state index is 13.5. The lowest BCUT2D eigenvalue weighted by molar-refractivity contribution is -0.115. The van der Waals surface area contributed by atoms with Gasteiger partial charge in [0.2, 0.25) is 5.91 Å². The molecule has 0 N–H and O–H groups in total. The largest absolute Gasteiger partial charge is 0.465 e. The van der Waals surface area contributed by atoms with E-state index in [0.29, 0.717) is 33.0 Å². The summed E-state index contributed by atoms with van der Waals surface area (Å²) in [5.41, 5.74) is 3.97. The minimum absolute atomic E-state index is 0.0155. The van der Waals surface area contributed by atoms with Gasteiger partial charge in [0.25, 0.3) is 5.56 Å². The molecule has 0 aliphatic rings. The monoisotopic (exact) mass is 487 g/mol. The number of hydrogen-bond donors (Lipinski definition) is 0. The number of aromatic nitrogens is 2. The third-order valence-electron chi connectivity index (χ3n) is 5.86. The van der Waals surface area contributed by atoms with Crippen LogP contribution in [0.3, 0.4) is 0 Å². The zero-order valence-corrected chi connectivity index (χ0v) is 20.8. The molecule has 4 rings (SSSR count). The van der Waals surface area contributed by atoms with Gasteiger partial charge >= 0.3 is 5.97 Å². The van der Waals surface area contributed by atoms with Crippen LogP contribution in [0.2, 0.25) is 0 Å². The molecule has 0 atom stereocenters. The predicted molar refractivity (Wildman–Crippen MR) is 139 cm³/mol. The summed E-state index contributed by atoms with van der Waals surface area (Å²) in [4.78, 5) is 44.8. The van der Waals surface area contributed by atoms with Crippen molar-refractivity contribution in [1.82, 2.24) is 9.55 Å². The standard InChI is InChI=1S/C27H25N3O4S/c1-17-13-14-19(15-18(17)2)30-25(32)20-9-5-7-11-22(20)28-27(30)35-16-24(31)29(3)23-12-8-6-10-21(23)26(33)34-4/h5-15H,16H2,1-4H3. The minimum atomic E-state index is -0.521. The molecule has 178 valence electrons. The van der Waals surface area contributed by atoms with E-state index in [0.717, 1.165) is 11.1 Å². The molecule has 0 unspecified atom stereocenters. The van der Waals surface area contributed by atoms with E-state index in [2.05, 4.69) is 0 Å². The van der Waals surface area contributed by atoms with Gasteiger partial charge in [-0.25, -0.2) is 9.78 Å². The number of fused-ring (bicyclic) bond motifs is 1. The fourth-order valence-electron chi connectivity index (χ4n) is 3.71. The van der Waals surface area contributed by atoms with Crippen molar-refractivity contribution in [2.75, 3.05) is 24.8 Å². The Morgan fingerprint density at radius 1 is 1.00 bits per heavy atom. The van der Waals surface area contributed by atoms with Crippen molar-refractivity contribution in [3.05, 3.63) is 93.8 Å². The molecule has 0 saturated carbocycles. The lowest BCUT2D eigenvalue weighted by Gasteiger charge is -2.20. The number of rotatable bonds is 6. The highest BCUT2D eigenvalue weighted by Crippen LogP contribution is 2.25. The number of para-hydroxylation sites is 2. The van der Waals surface area contributed by atoms with Gasteiger partial charge in [-0.05, 0) is 61.4 Å². The molecule has 0 saturated heterocycles. The second-order valence-electron chi connectivity index (χ2n) is 8.07. The van der Waals surface area contributed by atoms with Crippen LogP contribution in [-0.2, 0) is 9.53 Å². The summed E-state index contributed by atoms with van der Waals surface area (Å²) >= 11 is 1.18. The molecule has 35 heavy (non-hydrogen) atoms. The van der Waals surface area contributed by atoms with Gasteiger partial charge in [-0.2, -0.15) is 0 Å². The summed E-state index contributed by atoms with van der Waals surface area (Å²) in [6.45, 7) is 4.00. The SMILES string of the molecule is COC(=O)c1ccccc1N(C)C(=O)CSc1nc2ccccc2c(=O)n1-c1ccc(C)c(C)c1. The fourth-order valence-corrected chi connectivity index (χ4v) is 4.63. The van der Waals surface area contributed by atoms with Crippen LogP contribution in [0.5, 0.6) is 0 Å². The lowest BCUT2D eigenvalue weighted by Crippen LogP contribution is -2.30. The van der Waals surface area contributed by atoms with E-state index < -0.39 is 5.97 Å². The Bertz CT molecular complexity index is 1500. The smallest absolute Gasteiger partial charge is 0.339 e. The van der Waals surface area contributed by atoms with E-state index in [1.165, 1.54) is 23.8 Å². The van der Waals surface area contributed by atoms with Crippen molar-refractivity contribution in [1.29, 1.82) is 0 Å². The topological polar surface area (TPSA) is 81.5 Å². The van der Waals surface area contributed by atoms with E-state index in [-0.39, 0.29) is 17.2 Å². The quantitative estimate of drug-likeness (QED) is 0.226. The van der Waals surface area contributed by atoms with E-state index in [1.807, 2.05) is 38.1 Å². The molecule has 3 aromatic carbocycles. The summed E-state index contributed by atoms with van der Waals surface area (Å²) in [5, 5.41) is 0.922. The second-order valence-corrected chi connectivity index (χ2v) is 9.01. The van der Waals surface area contributed by atoms with E-state index in [4.69, 9.17) is 9.72 Å². The number of hydrogen-bond acceptors (Lipinski definition) is 6. The first-order valence-corrected chi connectivity index (χ1v) is 12.0. The van der Waals surface area contributed by atoms with Crippen molar-refractivity contribution in [3.63, 3.8) is 0 Å². The highest BCUT2D eigenvalue weighted by Gasteiger charge is 2.21. The van der Waals surface area contributed by atoms with E-state index in [1.54, 1.807) is 54.1 Å². The van der Waals surface area contributed by atoms with Gasteiger partial charge in [0, 0.05) is 7.05 Å². The summed E-state index contributed by atoms with van der Waals surface area (Å²) in [6, 6.07) is 19.7. The van der Waals surface area contributed by atoms with Crippen LogP contribution in [0.15, 0.2) is 76.7 Å². The molecule has 0 spiro atoms. The summed E-state index contributed by atoms with van der Waals surface area (Å²) < 4.78 is 6.39. The molecule has 0 aliphatic heterocycles. The number of amides is 1. The fraction of sp³-hybridized carbons (Fsp3) is 0.185. The Kier molecular flexibility index (Phi) is 7.02. The highest BCUT2D eigenvalue weighted by atomic mass is 32.2. The maximum Gasteiger partial charge on any atom is 0.339 e. The molecule has 7 nitrogen and oxygen atoms in total. The Hall–Kier alpha value is -3.91. The normalized spacial score (nSPS) is 10.9. The molecule has 8 heteroatoms. The van der Waals surface area contributed by atoms with Crippen LogP contribution in [0, 0.1) is 13.8 Å². The Labute approximate surface area is 207 Å². The first-order valence-electron chi connectivity index (χ1n) is 11.0. The van der Waals surface area contributed by atoms with Crippen LogP contribution in [0.25, 0.3) is 16.6 Å². The molecule has 1 heterocycles. The number of nitrogens with zero attached hydrogens (tertiary/aromatic N) is 3. The number of aryl methyl sites for hydroxylation is 2. The number of ether oxygens (including phenoxy) is 1. The highest BCUT2D eigenvalue weighted by molar-refractivity contribution is 7.99. The van der Waals surface area contributed by atoms with Gasteiger partial charge in [-0.3, -0.25) is 14.2 Å². The molecular formula is C27H25N3O4S. The third kappa shape index (κ3) is 4.83. The Balaban J connectivity index is 1.70. The second kappa shape index (κ2) is 10.1. The number of anilines is 1.